The van der Waals surface area contributed by atoms with E-state index in [4.69, 9.17) is 4.84 Å². The smallest absolute Gasteiger partial charge is 0.140 e. The highest BCUT2D eigenvalue weighted by molar-refractivity contribution is 5.78. The van der Waals surface area contributed by atoms with Gasteiger partial charge < -0.3 is 9.74 Å². The molecule has 3 nitrogen and oxygen atoms in total. The van der Waals surface area contributed by atoms with Crippen molar-refractivity contribution in [2.45, 2.75) is 32.8 Å². The fourth-order valence-corrected chi connectivity index (χ4v) is 1.39. The average Bonchev–Trinajstić information content (AvgIpc) is 2.01. The minimum absolute atomic E-state index is 0.304. The molecular formula is C9H18N2O. The molecular weight excluding hydrogens is 152 g/mol. The van der Waals surface area contributed by atoms with Crippen molar-refractivity contribution in [2.75, 3.05) is 20.1 Å². The summed E-state index contributed by atoms with van der Waals surface area (Å²) in [6.07, 6.45) is 2.67. The van der Waals surface area contributed by atoms with Crippen LogP contribution < -0.4 is 0 Å². The molecule has 0 amide bonds. The van der Waals surface area contributed by atoms with Crippen LogP contribution >= 0.6 is 0 Å². The van der Waals surface area contributed by atoms with Gasteiger partial charge in [0.2, 0.25) is 0 Å². The normalized spacial score (nSPS) is 25.1. The number of likely N-dealkylation sites (tertiary alicyclic amines) is 1. The van der Waals surface area contributed by atoms with Gasteiger partial charge in [0.25, 0.3) is 0 Å². The SMILES string of the molecule is CC(C)=NO[C@@H]1CCCN(C)C1. The van der Waals surface area contributed by atoms with E-state index < -0.39 is 0 Å². The lowest BCUT2D eigenvalue weighted by Gasteiger charge is -2.27. The monoisotopic (exact) mass is 170 g/mol. The Hall–Kier alpha value is -0.570. The maximum atomic E-state index is 5.36. The molecule has 1 fully saturated rings. The van der Waals surface area contributed by atoms with Crippen LogP contribution in [0.15, 0.2) is 5.16 Å². The Kier molecular flexibility index (Phi) is 3.53. The van der Waals surface area contributed by atoms with E-state index in [2.05, 4.69) is 17.1 Å². The summed E-state index contributed by atoms with van der Waals surface area (Å²) in [5, 5.41) is 3.97. The summed E-state index contributed by atoms with van der Waals surface area (Å²) in [5.41, 5.74) is 0.989. The van der Waals surface area contributed by atoms with Crippen LogP contribution in [0.1, 0.15) is 26.7 Å². The Morgan fingerprint density at radius 3 is 2.83 bits per heavy atom. The molecule has 0 N–H and O–H groups in total. The van der Waals surface area contributed by atoms with Crippen molar-refractivity contribution in [1.29, 1.82) is 0 Å². The van der Waals surface area contributed by atoms with Crippen LogP contribution in [0.2, 0.25) is 0 Å². The highest BCUT2D eigenvalue weighted by atomic mass is 16.6. The van der Waals surface area contributed by atoms with Gasteiger partial charge >= 0.3 is 0 Å². The minimum atomic E-state index is 0.304. The van der Waals surface area contributed by atoms with Gasteiger partial charge in [-0.2, -0.15) is 0 Å². The maximum Gasteiger partial charge on any atom is 0.140 e. The fraction of sp³-hybridized carbons (Fsp3) is 0.889. The van der Waals surface area contributed by atoms with Crippen molar-refractivity contribution in [1.82, 2.24) is 4.90 Å². The number of rotatable bonds is 2. The van der Waals surface area contributed by atoms with Crippen molar-refractivity contribution in [3.05, 3.63) is 0 Å². The summed E-state index contributed by atoms with van der Waals surface area (Å²) < 4.78 is 0. The molecule has 0 saturated carbocycles. The quantitative estimate of drug-likeness (QED) is 0.463. The van der Waals surface area contributed by atoms with Crippen LogP contribution in [0, 0.1) is 0 Å². The predicted molar refractivity (Wildman–Crippen MR) is 50.4 cm³/mol. The summed E-state index contributed by atoms with van der Waals surface area (Å²) in [5.74, 6) is 0. The van der Waals surface area contributed by atoms with E-state index in [-0.39, 0.29) is 0 Å². The molecule has 1 rings (SSSR count). The molecule has 0 radical (unpaired) electrons. The molecule has 0 aromatic heterocycles. The molecule has 1 aliphatic rings. The highest BCUT2D eigenvalue weighted by Gasteiger charge is 2.17. The van der Waals surface area contributed by atoms with Crippen LogP contribution in [0.25, 0.3) is 0 Å². The zero-order valence-corrected chi connectivity index (χ0v) is 8.21. The molecule has 3 heteroatoms. The Bertz CT molecular complexity index is 164. The molecule has 0 aromatic carbocycles. The Morgan fingerprint density at radius 2 is 2.25 bits per heavy atom. The Morgan fingerprint density at radius 1 is 1.50 bits per heavy atom. The van der Waals surface area contributed by atoms with Crippen molar-refractivity contribution in [3.63, 3.8) is 0 Å². The summed E-state index contributed by atoms with van der Waals surface area (Å²) in [6, 6.07) is 0. The van der Waals surface area contributed by atoms with Crippen molar-refractivity contribution in [2.24, 2.45) is 5.16 Å². The zero-order valence-electron chi connectivity index (χ0n) is 8.21. The van der Waals surface area contributed by atoms with Gasteiger partial charge in [0.1, 0.15) is 6.10 Å². The van der Waals surface area contributed by atoms with Gasteiger partial charge in [-0.3, -0.25) is 0 Å². The van der Waals surface area contributed by atoms with Gasteiger partial charge in [-0.15, -0.1) is 0 Å². The van der Waals surface area contributed by atoms with Crippen molar-refractivity contribution in [3.8, 4) is 0 Å². The second kappa shape index (κ2) is 4.45. The summed E-state index contributed by atoms with van der Waals surface area (Å²) >= 11 is 0. The van der Waals surface area contributed by atoms with Crippen LogP contribution in [0.4, 0.5) is 0 Å². The second-order valence-electron chi connectivity index (χ2n) is 3.67. The van der Waals surface area contributed by atoms with E-state index in [1.54, 1.807) is 0 Å². The van der Waals surface area contributed by atoms with Gasteiger partial charge in [-0.25, -0.2) is 0 Å². The number of likely N-dealkylation sites (N-methyl/N-ethyl adjacent to an activating group) is 1. The molecule has 12 heavy (non-hydrogen) atoms. The first-order valence-corrected chi connectivity index (χ1v) is 4.54. The van der Waals surface area contributed by atoms with Crippen LogP contribution in [-0.4, -0.2) is 36.9 Å². The van der Waals surface area contributed by atoms with Crippen LogP contribution in [0.3, 0.4) is 0 Å². The van der Waals surface area contributed by atoms with E-state index in [0.29, 0.717) is 6.10 Å². The lowest BCUT2D eigenvalue weighted by molar-refractivity contribution is 0.00968. The molecule has 1 heterocycles. The standard InChI is InChI=1S/C9H18N2O/c1-8(2)10-12-9-5-4-6-11(3)7-9/h9H,4-7H2,1-3H3/t9-/m1/s1. The first-order valence-electron chi connectivity index (χ1n) is 4.54. The maximum absolute atomic E-state index is 5.36. The first-order chi connectivity index (χ1) is 5.68. The zero-order chi connectivity index (χ0) is 8.97. The molecule has 0 aromatic rings. The van der Waals surface area contributed by atoms with E-state index in [1.807, 2.05) is 13.8 Å². The van der Waals surface area contributed by atoms with E-state index >= 15 is 0 Å². The fourth-order valence-electron chi connectivity index (χ4n) is 1.39. The van der Waals surface area contributed by atoms with Gasteiger partial charge in [0.15, 0.2) is 0 Å². The lowest BCUT2D eigenvalue weighted by Crippen LogP contribution is -2.36. The lowest BCUT2D eigenvalue weighted by atomic mass is 10.1. The van der Waals surface area contributed by atoms with Crippen LogP contribution in [-0.2, 0) is 4.84 Å². The molecule has 1 atom stereocenters. The largest absolute Gasteiger partial charge is 0.391 e. The number of hydrogen-bond donors (Lipinski definition) is 0. The van der Waals surface area contributed by atoms with Gasteiger partial charge in [0.05, 0.1) is 5.71 Å². The molecule has 0 aliphatic carbocycles. The summed E-state index contributed by atoms with van der Waals surface area (Å²) in [7, 11) is 2.12. The molecule has 0 spiro atoms. The second-order valence-corrected chi connectivity index (χ2v) is 3.67. The number of oxime groups is 1. The Labute approximate surface area is 74.4 Å². The van der Waals surface area contributed by atoms with E-state index in [9.17, 15) is 0 Å². The van der Waals surface area contributed by atoms with E-state index in [1.165, 1.54) is 13.0 Å². The van der Waals surface area contributed by atoms with Gasteiger partial charge in [0, 0.05) is 6.54 Å². The number of piperidine rings is 1. The molecule has 70 valence electrons. The third-order valence-electron chi connectivity index (χ3n) is 1.97. The van der Waals surface area contributed by atoms with Crippen molar-refractivity contribution >= 4 is 5.71 Å². The number of hydrogen-bond acceptors (Lipinski definition) is 3. The molecule has 0 unspecified atom stereocenters. The molecule has 0 bridgehead atoms. The minimum Gasteiger partial charge on any atom is -0.391 e. The van der Waals surface area contributed by atoms with Crippen molar-refractivity contribution < 1.29 is 4.84 Å². The third kappa shape index (κ3) is 3.22. The van der Waals surface area contributed by atoms with E-state index in [0.717, 1.165) is 18.7 Å². The van der Waals surface area contributed by atoms with Gasteiger partial charge in [-0.1, -0.05) is 5.16 Å². The summed E-state index contributed by atoms with van der Waals surface area (Å²) in [6.45, 7) is 6.10. The number of nitrogens with zero attached hydrogens (tertiary/aromatic N) is 2. The topological polar surface area (TPSA) is 24.8 Å². The van der Waals surface area contributed by atoms with Crippen LogP contribution in [0.5, 0.6) is 0 Å². The molecule has 1 saturated heterocycles. The first kappa shape index (κ1) is 9.52. The predicted octanol–water partition coefficient (Wildman–Crippen LogP) is 1.49. The summed E-state index contributed by atoms with van der Waals surface area (Å²) in [4.78, 5) is 7.65. The average molecular weight is 170 g/mol. The third-order valence-corrected chi connectivity index (χ3v) is 1.97. The van der Waals surface area contributed by atoms with Gasteiger partial charge in [-0.05, 0) is 40.3 Å². The molecule has 1 aliphatic heterocycles. The highest BCUT2D eigenvalue weighted by Crippen LogP contribution is 2.11. The Balaban J connectivity index is 2.27.